The number of ether oxygens (including phenoxy) is 1. The SMILES string of the molecule is CCc1ccc2c(c1)[C@H](NCCc1ccc(Cl)cc1)C(O)C(C)(C)O2. The van der Waals surface area contributed by atoms with Crippen molar-refractivity contribution >= 4 is 11.6 Å². The van der Waals surface area contributed by atoms with Crippen molar-refractivity contribution in [3.05, 3.63) is 64.2 Å². The van der Waals surface area contributed by atoms with E-state index in [-0.39, 0.29) is 6.04 Å². The molecule has 0 amide bonds. The summed E-state index contributed by atoms with van der Waals surface area (Å²) in [4.78, 5) is 0. The van der Waals surface area contributed by atoms with Gasteiger partial charge in [-0.2, -0.15) is 0 Å². The molecule has 0 fully saturated rings. The lowest BCUT2D eigenvalue weighted by molar-refractivity contribution is -0.0644. The Labute approximate surface area is 155 Å². The third-order valence-electron chi connectivity index (χ3n) is 4.91. The van der Waals surface area contributed by atoms with Crippen LogP contribution in [0.3, 0.4) is 0 Å². The molecule has 0 saturated heterocycles. The van der Waals surface area contributed by atoms with Gasteiger partial charge in [-0.1, -0.05) is 42.8 Å². The second kappa shape index (κ2) is 7.36. The van der Waals surface area contributed by atoms with E-state index in [1.807, 2.05) is 44.2 Å². The van der Waals surface area contributed by atoms with Crippen LogP contribution in [0.2, 0.25) is 5.02 Å². The van der Waals surface area contributed by atoms with Crippen molar-refractivity contribution in [3.8, 4) is 5.75 Å². The van der Waals surface area contributed by atoms with E-state index in [9.17, 15) is 5.11 Å². The van der Waals surface area contributed by atoms with Gasteiger partial charge < -0.3 is 15.2 Å². The Morgan fingerprint density at radius 2 is 1.80 bits per heavy atom. The summed E-state index contributed by atoms with van der Waals surface area (Å²) < 4.78 is 6.03. The Morgan fingerprint density at radius 1 is 1.12 bits per heavy atom. The van der Waals surface area contributed by atoms with Gasteiger partial charge in [0.1, 0.15) is 17.5 Å². The molecule has 1 heterocycles. The van der Waals surface area contributed by atoms with Crippen molar-refractivity contribution < 1.29 is 9.84 Å². The zero-order chi connectivity index (χ0) is 18.0. The molecule has 0 aromatic heterocycles. The van der Waals surface area contributed by atoms with Crippen LogP contribution in [-0.2, 0) is 12.8 Å². The highest BCUT2D eigenvalue weighted by Gasteiger charge is 2.42. The molecule has 25 heavy (non-hydrogen) atoms. The average Bonchev–Trinajstić information content (AvgIpc) is 2.59. The standard InChI is InChI=1S/C21H26ClNO2/c1-4-14-7-10-18-17(13-14)19(20(24)21(2,3)25-18)23-12-11-15-5-8-16(22)9-6-15/h5-10,13,19-20,23-24H,4,11-12H2,1-3H3/t19-,20?/m0/s1. The molecule has 1 aliphatic rings. The second-order valence-electron chi connectivity index (χ2n) is 7.18. The number of rotatable bonds is 5. The lowest BCUT2D eigenvalue weighted by Gasteiger charge is -2.42. The molecule has 0 radical (unpaired) electrons. The number of hydrogen-bond donors (Lipinski definition) is 2. The van der Waals surface area contributed by atoms with Gasteiger partial charge >= 0.3 is 0 Å². The molecule has 2 aromatic rings. The Kier molecular flexibility index (Phi) is 5.38. The summed E-state index contributed by atoms with van der Waals surface area (Å²) >= 11 is 5.94. The summed E-state index contributed by atoms with van der Waals surface area (Å²) in [6.45, 7) is 6.77. The molecular weight excluding hydrogens is 334 g/mol. The number of nitrogens with one attached hydrogen (secondary N) is 1. The number of benzene rings is 2. The normalized spacial score (nSPS) is 21.5. The Balaban J connectivity index is 1.77. The van der Waals surface area contributed by atoms with E-state index in [1.165, 1.54) is 11.1 Å². The van der Waals surface area contributed by atoms with Crippen LogP contribution < -0.4 is 10.1 Å². The van der Waals surface area contributed by atoms with Crippen LogP contribution in [-0.4, -0.2) is 23.4 Å². The number of hydrogen-bond acceptors (Lipinski definition) is 3. The van der Waals surface area contributed by atoms with Gasteiger partial charge in [0.15, 0.2) is 0 Å². The van der Waals surface area contributed by atoms with E-state index in [4.69, 9.17) is 16.3 Å². The predicted molar refractivity (Wildman–Crippen MR) is 102 cm³/mol. The van der Waals surface area contributed by atoms with Gasteiger partial charge in [-0.25, -0.2) is 0 Å². The third-order valence-corrected chi connectivity index (χ3v) is 5.16. The van der Waals surface area contributed by atoms with E-state index < -0.39 is 11.7 Å². The van der Waals surface area contributed by atoms with Gasteiger partial charge in [0, 0.05) is 10.6 Å². The quantitative estimate of drug-likeness (QED) is 0.835. The number of halogens is 1. The number of aliphatic hydroxyl groups is 1. The molecule has 0 aliphatic carbocycles. The molecule has 0 spiro atoms. The first kappa shape index (κ1) is 18.2. The van der Waals surface area contributed by atoms with Crippen LogP contribution in [0, 0.1) is 0 Å². The molecule has 0 bridgehead atoms. The molecule has 3 nitrogen and oxygen atoms in total. The molecule has 1 unspecified atom stereocenters. The third kappa shape index (κ3) is 4.00. The highest BCUT2D eigenvalue weighted by atomic mass is 35.5. The molecule has 2 N–H and O–H groups in total. The maximum Gasteiger partial charge on any atom is 0.131 e. The molecule has 2 aromatic carbocycles. The molecule has 4 heteroatoms. The predicted octanol–water partition coefficient (Wildman–Crippen LogP) is 4.31. The van der Waals surface area contributed by atoms with Crippen molar-refractivity contribution in [2.75, 3.05) is 6.54 Å². The van der Waals surface area contributed by atoms with Gasteiger partial charge in [0.2, 0.25) is 0 Å². The minimum absolute atomic E-state index is 0.141. The van der Waals surface area contributed by atoms with Gasteiger partial charge in [0.05, 0.1) is 6.04 Å². The fourth-order valence-electron chi connectivity index (χ4n) is 3.31. The van der Waals surface area contributed by atoms with E-state index in [0.29, 0.717) is 0 Å². The first-order chi connectivity index (χ1) is 11.9. The van der Waals surface area contributed by atoms with Crippen molar-refractivity contribution in [2.45, 2.75) is 51.4 Å². The minimum atomic E-state index is -0.626. The van der Waals surface area contributed by atoms with Gasteiger partial charge in [-0.05, 0) is 62.6 Å². The van der Waals surface area contributed by atoms with Crippen LogP contribution in [0.25, 0.3) is 0 Å². The lowest BCUT2D eigenvalue weighted by Crippen LogP contribution is -2.52. The maximum absolute atomic E-state index is 10.8. The summed E-state index contributed by atoms with van der Waals surface area (Å²) in [7, 11) is 0. The second-order valence-corrected chi connectivity index (χ2v) is 7.62. The number of aryl methyl sites for hydroxylation is 1. The summed E-state index contributed by atoms with van der Waals surface area (Å²) in [6, 6.07) is 14.0. The van der Waals surface area contributed by atoms with Crippen molar-refractivity contribution in [1.82, 2.24) is 5.32 Å². The molecule has 134 valence electrons. The van der Waals surface area contributed by atoms with E-state index >= 15 is 0 Å². The minimum Gasteiger partial charge on any atom is -0.485 e. The zero-order valence-corrected chi connectivity index (χ0v) is 15.8. The maximum atomic E-state index is 10.8. The first-order valence-corrected chi connectivity index (χ1v) is 9.26. The fourth-order valence-corrected chi connectivity index (χ4v) is 3.44. The van der Waals surface area contributed by atoms with E-state index in [0.717, 1.165) is 35.7 Å². The summed E-state index contributed by atoms with van der Waals surface area (Å²) in [5, 5.41) is 15.1. The average molecular weight is 360 g/mol. The summed E-state index contributed by atoms with van der Waals surface area (Å²) in [5.74, 6) is 0.858. The smallest absolute Gasteiger partial charge is 0.131 e. The van der Waals surface area contributed by atoms with Gasteiger partial charge in [0.25, 0.3) is 0 Å². The van der Waals surface area contributed by atoms with Crippen molar-refractivity contribution in [3.63, 3.8) is 0 Å². The van der Waals surface area contributed by atoms with E-state index in [1.54, 1.807) is 0 Å². The van der Waals surface area contributed by atoms with Crippen molar-refractivity contribution in [1.29, 1.82) is 0 Å². The van der Waals surface area contributed by atoms with Crippen LogP contribution in [0.15, 0.2) is 42.5 Å². The highest BCUT2D eigenvalue weighted by molar-refractivity contribution is 6.30. The number of aliphatic hydroxyl groups excluding tert-OH is 1. The molecule has 0 saturated carbocycles. The van der Waals surface area contributed by atoms with Crippen molar-refractivity contribution in [2.24, 2.45) is 0 Å². The lowest BCUT2D eigenvalue weighted by atomic mass is 9.85. The van der Waals surface area contributed by atoms with Gasteiger partial charge in [-0.3, -0.25) is 0 Å². The zero-order valence-electron chi connectivity index (χ0n) is 15.1. The molecule has 1 aliphatic heterocycles. The largest absolute Gasteiger partial charge is 0.485 e. The first-order valence-electron chi connectivity index (χ1n) is 8.88. The Hall–Kier alpha value is -1.55. The summed E-state index contributed by atoms with van der Waals surface area (Å²) in [6.07, 6.45) is 1.23. The highest BCUT2D eigenvalue weighted by Crippen LogP contribution is 2.40. The van der Waals surface area contributed by atoms with Crippen LogP contribution in [0.4, 0.5) is 0 Å². The molecule has 3 rings (SSSR count). The van der Waals surface area contributed by atoms with Gasteiger partial charge in [-0.15, -0.1) is 0 Å². The van der Waals surface area contributed by atoms with E-state index in [2.05, 4.69) is 24.4 Å². The molecular formula is C21H26ClNO2. The van der Waals surface area contributed by atoms with Crippen LogP contribution in [0.1, 0.15) is 43.5 Å². The van der Waals surface area contributed by atoms with Crippen LogP contribution >= 0.6 is 11.6 Å². The topological polar surface area (TPSA) is 41.5 Å². The van der Waals surface area contributed by atoms with Crippen LogP contribution in [0.5, 0.6) is 5.75 Å². The monoisotopic (exact) mass is 359 g/mol. The summed E-state index contributed by atoms with van der Waals surface area (Å²) in [5.41, 5.74) is 2.89. The molecule has 2 atom stereocenters. The Bertz CT molecular complexity index is 727. The Morgan fingerprint density at radius 3 is 2.48 bits per heavy atom. The fraction of sp³-hybridized carbons (Fsp3) is 0.429. The number of fused-ring (bicyclic) bond motifs is 1.